The van der Waals surface area contributed by atoms with E-state index in [9.17, 15) is 4.79 Å². The van der Waals surface area contributed by atoms with Gasteiger partial charge in [-0.05, 0) is 47.4 Å². The Kier molecular flexibility index (Phi) is 4.56. The Labute approximate surface area is 169 Å². The zero-order valence-corrected chi connectivity index (χ0v) is 16.9. The van der Waals surface area contributed by atoms with Gasteiger partial charge in [0.2, 0.25) is 0 Å². The molecular formula is C24H21ClN2O. The van der Waals surface area contributed by atoms with Gasteiger partial charge in [0.25, 0.3) is 5.91 Å². The second-order valence-electron chi connectivity index (χ2n) is 7.91. The lowest BCUT2D eigenvalue weighted by Crippen LogP contribution is -2.14. The Hall–Kier alpha value is -2.91. The van der Waals surface area contributed by atoms with Crippen LogP contribution in [-0.2, 0) is 5.41 Å². The van der Waals surface area contributed by atoms with Crippen LogP contribution in [0.1, 0.15) is 36.7 Å². The molecule has 0 amide bonds. The Morgan fingerprint density at radius 1 is 0.929 bits per heavy atom. The average molecular weight is 389 g/mol. The molecule has 0 spiro atoms. The van der Waals surface area contributed by atoms with Gasteiger partial charge in [0.1, 0.15) is 5.82 Å². The number of hydrogen-bond acceptors (Lipinski definition) is 2. The molecule has 0 bridgehead atoms. The van der Waals surface area contributed by atoms with Crippen molar-refractivity contribution >= 4 is 28.5 Å². The third-order valence-corrected chi connectivity index (χ3v) is 5.06. The van der Waals surface area contributed by atoms with Gasteiger partial charge in [0.05, 0.1) is 11.0 Å². The first-order valence-corrected chi connectivity index (χ1v) is 9.61. The van der Waals surface area contributed by atoms with E-state index in [1.807, 2.05) is 48.5 Å². The summed E-state index contributed by atoms with van der Waals surface area (Å²) >= 11 is 6.17. The van der Waals surface area contributed by atoms with E-state index in [0.29, 0.717) is 21.9 Å². The zero-order chi connectivity index (χ0) is 19.9. The molecule has 4 rings (SSSR count). The van der Waals surface area contributed by atoms with Gasteiger partial charge in [-0.25, -0.2) is 4.98 Å². The molecule has 1 aromatic heterocycles. The SMILES string of the molecule is CC(C)(C)c1cccc(-c2nc3cc(Cl)ccc3n2C(=O)c2ccccc2)c1. The van der Waals surface area contributed by atoms with Crippen LogP contribution >= 0.6 is 11.6 Å². The monoisotopic (exact) mass is 388 g/mol. The number of benzene rings is 3. The van der Waals surface area contributed by atoms with Crippen LogP contribution in [0.3, 0.4) is 0 Å². The summed E-state index contributed by atoms with van der Waals surface area (Å²) in [5.41, 5.74) is 4.16. The van der Waals surface area contributed by atoms with Gasteiger partial charge in [0, 0.05) is 16.1 Å². The van der Waals surface area contributed by atoms with E-state index in [0.717, 1.165) is 11.1 Å². The van der Waals surface area contributed by atoms with Gasteiger partial charge in [-0.1, -0.05) is 68.8 Å². The molecule has 1 heterocycles. The Morgan fingerprint density at radius 2 is 1.68 bits per heavy atom. The number of carbonyl (C=O) groups excluding carboxylic acids is 1. The Balaban J connectivity index is 1.97. The standard InChI is InChI=1S/C24H21ClN2O/c1-24(2,3)18-11-7-10-17(14-18)22-26-20-15-19(25)12-13-21(20)27(22)23(28)16-8-5-4-6-9-16/h4-15H,1-3H3. The molecule has 0 aliphatic rings. The predicted molar refractivity (Wildman–Crippen MR) is 115 cm³/mol. The molecule has 140 valence electrons. The van der Waals surface area contributed by atoms with Crippen molar-refractivity contribution in [1.29, 1.82) is 0 Å². The molecule has 0 saturated carbocycles. The number of halogens is 1. The van der Waals surface area contributed by atoms with E-state index >= 15 is 0 Å². The Morgan fingerprint density at radius 3 is 2.39 bits per heavy atom. The van der Waals surface area contributed by atoms with Gasteiger partial charge in [0.15, 0.2) is 0 Å². The number of carbonyl (C=O) groups is 1. The molecule has 0 radical (unpaired) electrons. The van der Waals surface area contributed by atoms with Crippen LogP contribution in [0.25, 0.3) is 22.4 Å². The summed E-state index contributed by atoms with van der Waals surface area (Å²) in [6, 6.07) is 22.9. The number of imidazole rings is 1. The highest BCUT2D eigenvalue weighted by Gasteiger charge is 2.21. The van der Waals surface area contributed by atoms with E-state index in [-0.39, 0.29) is 11.3 Å². The minimum atomic E-state index is -0.110. The zero-order valence-electron chi connectivity index (χ0n) is 16.1. The van der Waals surface area contributed by atoms with Crippen molar-refractivity contribution < 1.29 is 4.79 Å². The van der Waals surface area contributed by atoms with E-state index in [1.165, 1.54) is 5.56 Å². The van der Waals surface area contributed by atoms with Crippen molar-refractivity contribution in [3.05, 3.63) is 88.9 Å². The van der Waals surface area contributed by atoms with Crippen LogP contribution in [0.2, 0.25) is 5.02 Å². The maximum absolute atomic E-state index is 13.4. The van der Waals surface area contributed by atoms with E-state index < -0.39 is 0 Å². The minimum absolute atomic E-state index is 0.000394. The first kappa shape index (κ1) is 18.5. The lowest BCUT2D eigenvalue weighted by molar-refractivity contribution is 0.0966. The number of hydrogen-bond donors (Lipinski definition) is 0. The predicted octanol–water partition coefficient (Wildman–Crippen LogP) is 6.34. The molecule has 0 aliphatic heterocycles. The highest BCUT2D eigenvalue weighted by molar-refractivity contribution is 6.31. The van der Waals surface area contributed by atoms with Gasteiger partial charge < -0.3 is 0 Å². The van der Waals surface area contributed by atoms with Crippen LogP contribution in [0.15, 0.2) is 72.8 Å². The normalized spacial score (nSPS) is 11.7. The molecule has 3 nitrogen and oxygen atoms in total. The fourth-order valence-corrected chi connectivity index (χ4v) is 3.45. The van der Waals surface area contributed by atoms with Crippen molar-refractivity contribution in [3.8, 4) is 11.4 Å². The average Bonchev–Trinajstić information content (AvgIpc) is 3.06. The molecule has 0 atom stereocenters. The van der Waals surface area contributed by atoms with Crippen LogP contribution < -0.4 is 0 Å². The third-order valence-electron chi connectivity index (χ3n) is 4.83. The van der Waals surface area contributed by atoms with Gasteiger partial charge in [-0.2, -0.15) is 0 Å². The highest BCUT2D eigenvalue weighted by Crippen LogP contribution is 2.31. The first-order valence-electron chi connectivity index (χ1n) is 9.23. The Bertz CT molecular complexity index is 1170. The highest BCUT2D eigenvalue weighted by atomic mass is 35.5. The summed E-state index contributed by atoms with van der Waals surface area (Å²) in [5.74, 6) is 0.513. The van der Waals surface area contributed by atoms with Crippen molar-refractivity contribution in [2.45, 2.75) is 26.2 Å². The molecule has 0 unspecified atom stereocenters. The second-order valence-corrected chi connectivity index (χ2v) is 8.34. The largest absolute Gasteiger partial charge is 0.268 e. The van der Waals surface area contributed by atoms with Gasteiger partial charge in [-0.15, -0.1) is 0 Å². The number of aromatic nitrogens is 2. The van der Waals surface area contributed by atoms with Crippen molar-refractivity contribution in [2.24, 2.45) is 0 Å². The van der Waals surface area contributed by atoms with Crippen molar-refractivity contribution in [2.75, 3.05) is 0 Å². The smallest absolute Gasteiger partial charge is 0.264 e. The quantitative estimate of drug-likeness (QED) is 0.401. The van der Waals surface area contributed by atoms with E-state index in [2.05, 4.69) is 32.9 Å². The first-order chi connectivity index (χ1) is 13.3. The summed E-state index contributed by atoms with van der Waals surface area (Å²) in [4.78, 5) is 18.1. The molecule has 28 heavy (non-hydrogen) atoms. The number of rotatable bonds is 2. The summed E-state index contributed by atoms with van der Waals surface area (Å²) in [5, 5.41) is 0.597. The number of nitrogens with zero attached hydrogens (tertiary/aromatic N) is 2. The van der Waals surface area contributed by atoms with Crippen molar-refractivity contribution in [1.82, 2.24) is 9.55 Å². The summed E-state index contributed by atoms with van der Waals surface area (Å²) < 4.78 is 1.68. The van der Waals surface area contributed by atoms with Crippen LogP contribution in [0.5, 0.6) is 0 Å². The molecule has 0 aliphatic carbocycles. The molecule has 0 fully saturated rings. The molecule has 3 aromatic carbocycles. The van der Waals surface area contributed by atoms with Gasteiger partial charge in [-0.3, -0.25) is 9.36 Å². The summed E-state index contributed by atoms with van der Waals surface area (Å²) in [7, 11) is 0. The lowest BCUT2D eigenvalue weighted by Gasteiger charge is -2.19. The second kappa shape index (κ2) is 6.92. The molecule has 4 heteroatoms. The minimum Gasteiger partial charge on any atom is -0.268 e. The fraction of sp³-hybridized carbons (Fsp3) is 0.167. The van der Waals surface area contributed by atoms with Crippen LogP contribution in [0.4, 0.5) is 0 Å². The van der Waals surface area contributed by atoms with Crippen LogP contribution in [-0.4, -0.2) is 15.5 Å². The van der Waals surface area contributed by atoms with Crippen molar-refractivity contribution in [3.63, 3.8) is 0 Å². The third kappa shape index (κ3) is 3.34. The molecule has 4 aromatic rings. The summed E-state index contributed by atoms with van der Waals surface area (Å²) in [6.45, 7) is 6.51. The molecule has 0 N–H and O–H groups in total. The molecule has 0 saturated heterocycles. The van der Waals surface area contributed by atoms with Gasteiger partial charge >= 0.3 is 0 Å². The van der Waals surface area contributed by atoms with E-state index in [1.54, 1.807) is 16.7 Å². The topological polar surface area (TPSA) is 34.9 Å². The maximum Gasteiger partial charge on any atom is 0.264 e. The fourth-order valence-electron chi connectivity index (χ4n) is 3.29. The summed E-state index contributed by atoms with van der Waals surface area (Å²) in [6.07, 6.45) is 0. The number of fused-ring (bicyclic) bond motifs is 1. The van der Waals surface area contributed by atoms with Crippen LogP contribution in [0, 0.1) is 0 Å². The molecular weight excluding hydrogens is 368 g/mol. The maximum atomic E-state index is 13.4. The van der Waals surface area contributed by atoms with E-state index in [4.69, 9.17) is 16.6 Å². The lowest BCUT2D eigenvalue weighted by atomic mass is 9.86.